The van der Waals surface area contributed by atoms with E-state index >= 15 is 0 Å². The van der Waals surface area contributed by atoms with Crippen molar-refractivity contribution in [2.24, 2.45) is 0 Å². The Morgan fingerprint density at radius 1 is 0.410 bits per heavy atom. The van der Waals surface area contributed by atoms with Gasteiger partial charge in [-0.2, -0.15) is 0 Å². The molecular formula is C63H114O15. The number of rotatable bonds is 51. The molecule has 0 radical (unpaired) electrons. The maximum atomic E-state index is 13.1. The summed E-state index contributed by atoms with van der Waals surface area (Å²) in [6.45, 7) is 2.62. The average Bonchev–Trinajstić information content (AvgIpc) is 3.44. The van der Waals surface area contributed by atoms with E-state index in [0.717, 1.165) is 57.8 Å². The van der Waals surface area contributed by atoms with Crippen molar-refractivity contribution in [2.75, 3.05) is 26.4 Å². The fourth-order valence-corrected chi connectivity index (χ4v) is 9.95. The Morgan fingerprint density at radius 2 is 0.769 bits per heavy atom. The minimum Gasteiger partial charge on any atom is -0.462 e. The first-order valence-corrected chi connectivity index (χ1v) is 31.6. The molecule has 0 bridgehead atoms. The van der Waals surface area contributed by atoms with Crippen LogP contribution < -0.4 is 0 Å². The predicted molar refractivity (Wildman–Crippen MR) is 307 cm³/mol. The lowest BCUT2D eigenvalue weighted by Crippen LogP contribution is -2.61. The highest BCUT2D eigenvalue weighted by molar-refractivity contribution is 5.70. The first kappa shape index (κ1) is 71.8. The van der Waals surface area contributed by atoms with Gasteiger partial charge in [-0.25, -0.2) is 0 Å². The van der Waals surface area contributed by atoms with E-state index in [1.165, 1.54) is 161 Å². The van der Waals surface area contributed by atoms with Crippen LogP contribution in [0, 0.1) is 0 Å². The standard InChI is InChI=1S/C63H114O15/c1-3-5-7-9-11-13-15-17-19-21-23-25-27-29-31-33-35-37-39-41-43-45-54(65)73-48-51(49-74-62-61(72)59(70)57(68)53(78-62)50-75-63-60(71)58(69)56(67)52(47-64)77-63)76-55(66)46-44-42-40-38-36-34-32-30-28-26-24-22-20-18-16-14-12-10-8-6-4-2/h16,18,21-24,51-53,56-64,67-72H,3-15,17,19-20,25-50H2,1-2H3/b18-16-,23-21-,24-22-. The number of unbranched alkanes of at least 4 members (excludes halogenated alkanes) is 31. The zero-order valence-corrected chi connectivity index (χ0v) is 48.9. The number of esters is 2. The third-order valence-electron chi connectivity index (χ3n) is 15.1. The summed E-state index contributed by atoms with van der Waals surface area (Å²) < 4.78 is 33.8. The van der Waals surface area contributed by atoms with Crippen molar-refractivity contribution in [3.05, 3.63) is 36.5 Å². The van der Waals surface area contributed by atoms with Gasteiger partial charge in [-0.1, -0.05) is 211 Å². The van der Waals surface area contributed by atoms with Gasteiger partial charge in [-0.15, -0.1) is 0 Å². The van der Waals surface area contributed by atoms with Gasteiger partial charge in [0.25, 0.3) is 0 Å². The Bertz CT molecular complexity index is 1490. The van der Waals surface area contributed by atoms with E-state index in [1.807, 2.05) is 0 Å². The summed E-state index contributed by atoms with van der Waals surface area (Å²) in [5.41, 5.74) is 0. The van der Waals surface area contributed by atoms with E-state index < -0.39 is 92.7 Å². The van der Waals surface area contributed by atoms with Gasteiger partial charge in [0.2, 0.25) is 0 Å². The highest BCUT2D eigenvalue weighted by atomic mass is 16.7. The molecule has 78 heavy (non-hydrogen) atoms. The molecule has 0 aliphatic carbocycles. The van der Waals surface area contributed by atoms with E-state index in [2.05, 4.69) is 50.3 Å². The molecule has 0 saturated carbocycles. The third-order valence-corrected chi connectivity index (χ3v) is 15.1. The number of hydrogen-bond donors (Lipinski definition) is 7. The van der Waals surface area contributed by atoms with Gasteiger partial charge < -0.3 is 64.2 Å². The average molecular weight is 1110 g/mol. The summed E-state index contributed by atoms with van der Waals surface area (Å²) >= 11 is 0. The molecule has 0 aromatic heterocycles. The molecule has 2 heterocycles. The highest BCUT2D eigenvalue weighted by Gasteiger charge is 2.47. The van der Waals surface area contributed by atoms with Crippen molar-refractivity contribution in [3.8, 4) is 0 Å². The maximum Gasteiger partial charge on any atom is 0.306 e. The fraction of sp³-hybridized carbons (Fsp3) is 0.873. The summed E-state index contributed by atoms with van der Waals surface area (Å²) in [6, 6.07) is 0. The van der Waals surface area contributed by atoms with E-state index in [-0.39, 0.29) is 26.1 Å². The maximum absolute atomic E-state index is 13.1. The number of aliphatic hydroxyl groups excluding tert-OH is 7. The Kier molecular flexibility index (Phi) is 45.4. The van der Waals surface area contributed by atoms with E-state index in [1.54, 1.807) is 0 Å². The zero-order valence-electron chi connectivity index (χ0n) is 48.9. The summed E-state index contributed by atoms with van der Waals surface area (Å²) in [5, 5.41) is 72.4. The smallest absolute Gasteiger partial charge is 0.306 e. The Morgan fingerprint density at radius 3 is 1.21 bits per heavy atom. The molecule has 2 fully saturated rings. The number of carbonyl (C=O) groups excluding carboxylic acids is 2. The molecule has 7 N–H and O–H groups in total. The van der Waals surface area contributed by atoms with Crippen LogP contribution in [-0.2, 0) is 38.0 Å². The molecule has 2 rings (SSSR count). The van der Waals surface area contributed by atoms with Gasteiger partial charge in [-0.05, 0) is 70.6 Å². The molecule has 0 spiro atoms. The molecule has 0 amide bonds. The van der Waals surface area contributed by atoms with Crippen LogP contribution in [0.15, 0.2) is 36.5 Å². The van der Waals surface area contributed by atoms with Crippen molar-refractivity contribution < 1.29 is 73.8 Å². The van der Waals surface area contributed by atoms with Crippen molar-refractivity contribution >= 4 is 11.9 Å². The van der Waals surface area contributed by atoms with Crippen LogP contribution in [0.2, 0.25) is 0 Å². The first-order valence-electron chi connectivity index (χ1n) is 31.6. The summed E-state index contributed by atoms with van der Waals surface area (Å²) in [7, 11) is 0. The molecular weight excluding hydrogens is 997 g/mol. The summed E-state index contributed by atoms with van der Waals surface area (Å²) in [6.07, 6.45) is 40.1. The van der Waals surface area contributed by atoms with Crippen LogP contribution in [0.1, 0.15) is 258 Å². The van der Waals surface area contributed by atoms with Crippen molar-refractivity contribution in [2.45, 2.75) is 325 Å². The number of allylic oxidation sites excluding steroid dienone is 6. The quantitative estimate of drug-likeness (QED) is 0.0171. The molecule has 15 nitrogen and oxygen atoms in total. The van der Waals surface area contributed by atoms with Crippen LogP contribution in [0.3, 0.4) is 0 Å². The molecule has 0 aromatic carbocycles. The van der Waals surface area contributed by atoms with Crippen molar-refractivity contribution in [1.82, 2.24) is 0 Å². The molecule has 2 aliphatic heterocycles. The van der Waals surface area contributed by atoms with Gasteiger partial charge in [0, 0.05) is 12.8 Å². The molecule has 11 unspecified atom stereocenters. The van der Waals surface area contributed by atoms with Crippen LogP contribution >= 0.6 is 0 Å². The Hall–Kier alpha value is -2.28. The number of aliphatic hydroxyl groups is 7. The topological polar surface area (TPSA) is 231 Å². The third kappa shape index (κ3) is 35.5. The largest absolute Gasteiger partial charge is 0.462 e. The van der Waals surface area contributed by atoms with Crippen LogP contribution in [0.4, 0.5) is 0 Å². The van der Waals surface area contributed by atoms with Crippen molar-refractivity contribution in [3.63, 3.8) is 0 Å². The van der Waals surface area contributed by atoms with Crippen LogP contribution in [0.25, 0.3) is 0 Å². The van der Waals surface area contributed by atoms with E-state index in [4.69, 9.17) is 28.4 Å². The molecule has 0 aromatic rings. The lowest BCUT2D eigenvalue weighted by molar-refractivity contribution is -0.332. The summed E-state index contributed by atoms with van der Waals surface area (Å²) in [4.78, 5) is 26.0. The lowest BCUT2D eigenvalue weighted by atomic mass is 9.98. The van der Waals surface area contributed by atoms with E-state index in [9.17, 15) is 45.3 Å². The van der Waals surface area contributed by atoms with Gasteiger partial charge in [0.15, 0.2) is 18.7 Å². The van der Waals surface area contributed by atoms with E-state index in [0.29, 0.717) is 12.8 Å². The van der Waals surface area contributed by atoms with Gasteiger partial charge in [0.1, 0.15) is 55.4 Å². The van der Waals surface area contributed by atoms with Gasteiger partial charge in [-0.3, -0.25) is 9.59 Å². The molecule has 11 atom stereocenters. The number of hydrogen-bond acceptors (Lipinski definition) is 15. The molecule has 456 valence electrons. The fourth-order valence-electron chi connectivity index (χ4n) is 9.95. The van der Waals surface area contributed by atoms with Crippen LogP contribution in [-0.4, -0.2) is 142 Å². The number of carbonyl (C=O) groups is 2. The zero-order chi connectivity index (χ0) is 56.7. The summed E-state index contributed by atoms with van der Waals surface area (Å²) in [5.74, 6) is -0.922. The second-order valence-corrected chi connectivity index (χ2v) is 22.2. The van der Waals surface area contributed by atoms with Crippen LogP contribution in [0.5, 0.6) is 0 Å². The monoisotopic (exact) mass is 1110 g/mol. The minimum absolute atomic E-state index is 0.161. The Labute approximate surface area is 472 Å². The minimum atomic E-state index is -1.77. The Balaban J connectivity index is 1.72. The number of ether oxygens (including phenoxy) is 6. The second-order valence-electron chi connectivity index (χ2n) is 22.2. The SMILES string of the molecule is CCCCCCC/C=C\C/C=C\CCCCCCCCCCCC(=O)OC(COC(=O)CCCCCCCCCCC/C=C\CCCCCCCCCC)COC1OC(COC2OC(CO)C(O)C(O)C2O)C(O)C(O)C1O. The molecule has 2 saturated heterocycles. The normalized spacial score (nSPS) is 24.2. The predicted octanol–water partition coefficient (Wildman–Crippen LogP) is 11.6. The van der Waals surface area contributed by atoms with Crippen molar-refractivity contribution in [1.29, 1.82) is 0 Å². The lowest BCUT2D eigenvalue weighted by Gasteiger charge is -2.42. The van der Waals surface area contributed by atoms with Gasteiger partial charge >= 0.3 is 11.9 Å². The first-order chi connectivity index (χ1) is 38.0. The van der Waals surface area contributed by atoms with Gasteiger partial charge in [0.05, 0.1) is 19.8 Å². The highest BCUT2D eigenvalue weighted by Crippen LogP contribution is 2.27. The second kappa shape index (κ2) is 49.3. The molecule has 15 heteroatoms. The molecule has 2 aliphatic rings.